The van der Waals surface area contributed by atoms with Gasteiger partial charge in [0.05, 0.1) is 25.3 Å². The lowest BCUT2D eigenvalue weighted by molar-refractivity contribution is 0.265. The summed E-state index contributed by atoms with van der Waals surface area (Å²) in [5.41, 5.74) is 0. The van der Waals surface area contributed by atoms with E-state index in [2.05, 4.69) is 4.52 Å². The molecule has 0 aliphatic rings. The van der Waals surface area contributed by atoms with Crippen molar-refractivity contribution >= 4 is 7.60 Å². The maximum atomic E-state index is 11.1. The standard InChI is InChI=1S/C8H15O4P/c1-3-5-6-12-13(9,10)8-7-11-4-2/h3,5,7-8H,4,6H2,1-2H3,(H,9,10). The Morgan fingerprint density at radius 2 is 2.23 bits per heavy atom. The Balaban J connectivity index is 3.86. The van der Waals surface area contributed by atoms with E-state index in [1.165, 1.54) is 6.26 Å². The molecule has 0 spiro atoms. The topological polar surface area (TPSA) is 55.8 Å². The molecular formula is C8H15O4P. The van der Waals surface area contributed by atoms with Gasteiger partial charge in [0.25, 0.3) is 0 Å². The van der Waals surface area contributed by atoms with E-state index in [1.807, 2.05) is 6.92 Å². The summed E-state index contributed by atoms with van der Waals surface area (Å²) in [7, 11) is -3.61. The Hall–Kier alpha value is -0.570. The lowest BCUT2D eigenvalue weighted by atomic mass is 10.6. The summed E-state index contributed by atoms with van der Waals surface area (Å²) in [4.78, 5) is 9.10. The fraction of sp³-hybridized carbons (Fsp3) is 0.500. The van der Waals surface area contributed by atoms with Crippen molar-refractivity contribution in [3.8, 4) is 0 Å². The number of hydrogen-bond acceptors (Lipinski definition) is 3. The summed E-state index contributed by atoms with van der Waals surface area (Å²) in [6.07, 6.45) is 4.57. The number of rotatable bonds is 6. The van der Waals surface area contributed by atoms with Crippen LogP contribution in [0.1, 0.15) is 13.8 Å². The first-order valence-electron chi connectivity index (χ1n) is 4.00. The van der Waals surface area contributed by atoms with E-state index in [0.717, 1.165) is 5.82 Å². The van der Waals surface area contributed by atoms with Crippen LogP contribution < -0.4 is 0 Å². The van der Waals surface area contributed by atoms with Crippen LogP contribution in [0.25, 0.3) is 0 Å². The number of hydrogen-bond donors (Lipinski definition) is 1. The highest BCUT2D eigenvalue weighted by Crippen LogP contribution is 2.43. The second-order valence-electron chi connectivity index (χ2n) is 2.17. The monoisotopic (exact) mass is 206 g/mol. The number of ether oxygens (including phenoxy) is 1. The van der Waals surface area contributed by atoms with Gasteiger partial charge in [0, 0.05) is 0 Å². The van der Waals surface area contributed by atoms with Gasteiger partial charge in [0.1, 0.15) is 0 Å². The minimum Gasteiger partial charge on any atom is -0.501 e. The first-order chi connectivity index (χ1) is 6.12. The van der Waals surface area contributed by atoms with Gasteiger partial charge in [-0.3, -0.25) is 4.57 Å². The zero-order valence-electron chi connectivity index (χ0n) is 7.84. The van der Waals surface area contributed by atoms with Crippen molar-refractivity contribution in [1.82, 2.24) is 0 Å². The molecule has 0 aliphatic carbocycles. The van der Waals surface area contributed by atoms with Crippen molar-refractivity contribution in [2.24, 2.45) is 0 Å². The molecule has 0 bridgehead atoms. The molecule has 13 heavy (non-hydrogen) atoms. The van der Waals surface area contributed by atoms with E-state index in [0.29, 0.717) is 6.61 Å². The maximum Gasteiger partial charge on any atom is 0.354 e. The molecule has 0 amide bonds. The van der Waals surface area contributed by atoms with Gasteiger partial charge in [-0.05, 0) is 13.8 Å². The molecular weight excluding hydrogens is 191 g/mol. The van der Waals surface area contributed by atoms with Gasteiger partial charge in [0.15, 0.2) is 0 Å². The lowest BCUT2D eigenvalue weighted by Gasteiger charge is -2.04. The van der Waals surface area contributed by atoms with Gasteiger partial charge < -0.3 is 14.2 Å². The Morgan fingerprint density at radius 3 is 2.77 bits per heavy atom. The van der Waals surface area contributed by atoms with Crippen LogP contribution in [0.15, 0.2) is 24.2 Å². The van der Waals surface area contributed by atoms with E-state index >= 15 is 0 Å². The molecule has 1 N–H and O–H groups in total. The van der Waals surface area contributed by atoms with Gasteiger partial charge in [0.2, 0.25) is 0 Å². The predicted octanol–water partition coefficient (Wildman–Crippen LogP) is 2.27. The predicted molar refractivity (Wildman–Crippen MR) is 51.4 cm³/mol. The average molecular weight is 206 g/mol. The summed E-state index contributed by atoms with van der Waals surface area (Å²) in [5, 5.41) is 0. The summed E-state index contributed by atoms with van der Waals surface area (Å²) in [6, 6.07) is 0. The molecule has 76 valence electrons. The van der Waals surface area contributed by atoms with Crippen molar-refractivity contribution in [2.45, 2.75) is 13.8 Å². The molecule has 5 heteroatoms. The van der Waals surface area contributed by atoms with Crippen LogP contribution in [0.4, 0.5) is 0 Å². The molecule has 0 fully saturated rings. The highest BCUT2D eigenvalue weighted by Gasteiger charge is 2.12. The molecule has 0 radical (unpaired) electrons. The molecule has 4 nitrogen and oxygen atoms in total. The third kappa shape index (κ3) is 7.78. The zero-order valence-corrected chi connectivity index (χ0v) is 8.74. The first kappa shape index (κ1) is 12.4. The second-order valence-corrected chi connectivity index (χ2v) is 3.85. The minimum absolute atomic E-state index is 0.126. The fourth-order valence-corrected chi connectivity index (χ4v) is 1.13. The lowest BCUT2D eigenvalue weighted by Crippen LogP contribution is -1.87. The Bertz CT molecular complexity index is 222. The van der Waals surface area contributed by atoms with E-state index in [-0.39, 0.29) is 6.61 Å². The highest BCUT2D eigenvalue weighted by atomic mass is 31.2. The van der Waals surface area contributed by atoms with E-state index in [4.69, 9.17) is 9.63 Å². The highest BCUT2D eigenvalue weighted by molar-refractivity contribution is 7.56. The fourth-order valence-electron chi connectivity index (χ4n) is 0.505. The molecule has 1 atom stereocenters. The van der Waals surface area contributed by atoms with Gasteiger partial charge >= 0.3 is 7.60 Å². The Morgan fingerprint density at radius 1 is 1.54 bits per heavy atom. The first-order valence-corrected chi connectivity index (χ1v) is 5.64. The van der Waals surface area contributed by atoms with Crippen molar-refractivity contribution in [2.75, 3.05) is 13.2 Å². The zero-order chi connectivity index (χ0) is 10.2. The Labute approximate surface area is 78.4 Å². The Kier molecular flexibility index (Phi) is 6.59. The number of allylic oxidation sites excluding steroid dienone is 1. The molecule has 0 saturated heterocycles. The molecule has 0 heterocycles. The van der Waals surface area contributed by atoms with Crippen LogP contribution in [0.5, 0.6) is 0 Å². The van der Waals surface area contributed by atoms with Crippen LogP contribution in [0.2, 0.25) is 0 Å². The van der Waals surface area contributed by atoms with Gasteiger partial charge in [-0.1, -0.05) is 12.2 Å². The third-order valence-corrected chi connectivity index (χ3v) is 2.12. The van der Waals surface area contributed by atoms with E-state index < -0.39 is 7.60 Å². The van der Waals surface area contributed by atoms with Crippen molar-refractivity contribution in [3.63, 3.8) is 0 Å². The van der Waals surface area contributed by atoms with Gasteiger partial charge in [-0.15, -0.1) is 0 Å². The molecule has 0 aromatic rings. The minimum atomic E-state index is -3.61. The van der Waals surface area contributed by atoms with Crippen LogP contribution >= 0.6 is 7.60 Å². The van der Waals surface area contributed by atoms with Crippen LogP contribution in [-0.4, -0.2) is 18.1 Å². The largest absolute Gasteiger partial charge is 0.501 e. The summed E-state index contributed by atoms with van der Waals surface area (Å²) in [6.45, 7) is 4.18. The molecule has 0 saturated carbocycles. The van der Waals surface area contributed by atoms with Crippen LogP contribution in [-0.2, 0) is 13.8 Å². The van der Waals surface area contributed by atoms with E-state index in [1.54, 1.807) is 19.1 Å². The SMILES string of the molecule is CC=CCOP(=O)(O)C=COCC. The molecule has 0 aliphatic heterocycles. The quantitative estimate of drug-likeness (QED) is 0.411. The van der Waals surface area contributed by atoms with E-state index in [9.17, 15) is 4.57 Å². The molecule has 0 rings (SSSR count). The van der Waals surface area contributed by atoms with Crippen LogP contribution in [0.3, 0.4) is 0 Å². The summed E-state index contributed by atoms with van der Waals surface area (Å²) >= 11 is 0. The maximum absolute atomic E-state index is 11.1. The summed E-state index contributed by atoms with van der Waals surface area (Å²) in [5.74, 6) is 1.03. The van der Waals surface area contributed by atoms with Crippen LogP contribution in [0, 0.1) is 0 Å². The molecule has 0 aromatic carbocycles. The van der Waals surface area contributed by atoms with Crippen molar-refractivity contribution < 1.29 is 18.7 Å². The molecule has 0 aromatic heterocycles. The second kappa shape index (κ2) is 6.89. The normalized spacial score (nSPS) is 16.5. The van der Waals surface area contributed by atoms with Gasteiger partial charge in [-0.2, -0.15) is 0 Å². The summed E-state index contributed by atoms with van der Waals surface area (Å²) < 4.78 is 20.5. The van der Waals surface area contributed by atoms with Crippen molar-refractivity contribution in [3.05, 3.63) is 24.2 Å². The van der Waals surface area contributed by atoms with Crippen molar-refractivity contribution in [1.29, 1.82) is 0 Å². The average Bonchev–Trinajstić information content (AvgIpc) is 2.05. The third-order valence-electron chi connectivity index (χ3n) is 1.10. The van der Waals surface area contributed by atoms with Gasteiger partial charge in [-0.25, -0.2) is 0 Å². The molecule has 1 unspecified atom stereocenters. The smallest absolute Gasteiger partial charge is 0.354 e.